The average molecular weight is 1240 g/mol. The zero-order valence-corrected chi connectivity index (χ0v) is 53.4. The molecule has 1 aliphatic rings. The van der Waals surface area contributed by atoms with Crippen molar-refractivity contribution >= 4 is 104 Å². The Morgan fingerprint density at radius 3 is 1.16 bits per heavy atom. The van der Waals surface area contributed by atoms with Gasteiger partial charge < -0.3 is 18.3 Å². The van der Waals surface area contributed by atoms with E-state index in [1.54, 1.807) is 0 Å². The van der Waals surface area contributed by atoms with Gasteiger partial charge in [0, 0.05) is 83.3 Å². The zero-order valence-electron chi connectivity index (χ0n) is 53.4. The lowest BCUT2D eigenvalue weighted by atomic mass is 9.94. The van der Waals surface area contributed by atoms with E-state index in [-0.39, 0.29) is 0 Å². The van der Waals surface area contributed by atoms with Crippen molar-refractivity contribution in [3.8, 4) is 56.1 Å². The highest BCUT2D eigenvalue weighted by Crippen LogP contribution is 2.43. The van der Waals surface area contributed by atoms with Gasteiger partial charge in [-0.05, 0) is 149 Å². The Morgan fingerprint density at radius 2 is 0.639 bits per heavy atom. The Hall–Kier alpha value is -12.6. The molecule has 14 aromatic carbocycles. The number of hydrogen-bond acceptors (Lipinski definition) is 2. The van der Waals surface area contributed by atoms with E-state index in [1.165, 1.54) is 92.9 Å². The summed E-state index contributed by atoms with van der Waals surface area (Å²) < 4.78 is 9.64. The van der Waals surface area contributed by atoms with Crippen LogP contribution < -0.4 is 0 Å². The maximum absolute atomic E-state index is 5.63. The molecule has 0 spiro atoms. The molecule has 0 amide bonds. The smallest absolute Gasteiger partial charge is 0.160 e. The molecule has 19 rings (SSSR count). The van der Waals surface area contributed by atoms with E-state index in [0.29, 0.717) is 12.3 Å². The van der Waals surface area contributed by atoms with Crippen LogP contribution in [0.5, 0.6) is 0 Å². The van der Waals surface area contributed by atoms with Crippen LogP contribution in [0, 0.1) is 0 Å². The van der Waals surface area contributed by atoms with Gasteiger partial charge in [-0.15, -0.1) is 0 Å². The van der Waals surface area contributed by atoms with Crippen molar-refractivity contribution in [2.45, 2.75) is 19.8 Å². The molecule has 18 aromatic rings. The molecule has 0 unspecified atom stereocenters. The van der Waals surface area contributed by atoms with Gasteiger partial charge in [0.15, 0.2) is 5.84 Å². The Kier molecular flexibility index (Phi) is 13.2. The topological polar surface area (TPSA) is 44.4 Å². The van der Waals surface area contributed by atoms with Gasteiger partial charge in [0.25, 0.3) is 0 Å². The molecule has 1 aliphatic heterocycles. The molecule has 0 atom stereocenters. The maximum atomic E-state index is 5.63. The Bertz CT molecular complexity index is 6180. The van der Waals surface area contributed by atoms with Crippen LogP contribution in [0.2, 0.25) is 0 Å². The molecule has 0 fully saturated rings. The van der Waals surface area contributed by atoms with Crippen LogP contribution >= 0.6 is 0 Å². The van der Waals surface area contributed by atoms with E-state index >= 15 is 0 Å². The summed E-state index contributed by atoms with van der Waals surface area (Å²) in [5.74, 6) is 0.696. The zero-order chi connectivity index (χ0) is 64.1. The number of allylic oxidation sites excluding steroid dienone is 1. The van der Waals surface area contributed by atoms with Gasteiger partial charge in [0.1, 0.15) is 0 Å². The minimum absolute atomic E-state index is 0.684. The van der Waals surface area contributed by atoms with Crippen LogP contribution in [-0.4, -0.2) is 29.8 Å². The number of nitrogens with zero attached hydrogens (tertiary/aromatic N) is 6. The monoisotopic (exact) mass is 1240 g/mol. The summed E-state index contributed by atoms with van der Waals surface area (Å²) in [6.07, 6.45) is 1.51. The van der Waals surface area contributed by atoms with Crippen molar-refractivity contribution in [3.05, 3.63) is 356 Å². The number of rotatable bonds is 11. The Morgan fingerprint density at radius 1 is 0.258 bits per heavy atom. The third-order valence-electron chi connectivity index (χ3n) is 20.1. The first-order chi connectivity index (χ1) is 48.1. The molecule has 0 saturated heterocycles. The minimum atomic E-state index is 0.684. The first-order valence-electron chi connectivity index (χ1n) is 33.6. The Balaban J connectivity index is 0.698. The van der Waals surface area contributed by atoms with Crippen molar-refractivity contribution in [1.29, 1.82) is 0 Å². The van der Waals surface area contributed by atoms with E-state index in [9.17, 15) is 0 Å². The fourth-order valence-electron chi connectivity index (χ4n) is 15.5. The van der Waals surface area contributed by atoms with Gasteiger partial charge in [0.2, 0.25) is 0 Å². The number of benzene rings is 14. The number of aliphatic imine (C=N–C) groups is 2. The molecule has 0 N–H and O–H groups in total. The summed E-state index contributed by atoms with van der Waals surface area (Å²) >= 11 is 0. The van der Waals surface area contributed by atoms with E-state index in [0.717, 1.165) is 90.6 Å². The molecular weight excluding hydrogens is 1180 g/mol. The van der Waals surface area contributed by atoms with Crippen LogP contribution in [0.15, 0.2) is 349 Å². The highest BCUT2D eigenvalue weighted by molar-refractivity contribution is 6.17. The van der Waals surface area contributed by atoms with Gasteiger partial charge in [-0.2, -0.15) is 0 Å². The molecular formula is C91H62N6. The maximum Gasteiger partial charge on any atom is 0.160 e. The van der Waals surface area contributed by atoms with E-state index < -0.39 is 0 Å². The molecule has 0 bridgehead atoms. The lowest BCUT2D eigenvalue weighted by molar-refractivity contribution is 1.05. The summed E-state index contributed by atoms with van der Waals surface area (Å²) in [6.45, 7) is 2.25. The van der Waals surface area contributed by atoms with Crippen LogP contribution in [0.4, 0.5) is 0 Å². The number of hydrogen-bond donors (Lipinski definition) is 0. The SMILES string of the molecule is CCC1=C(c2ccc(-c3ccc(-c4ccc(-n5c6ccccc6c6cc(-c7ccc8c(c7)c7ccccc7n8-c7ccccc7)ccc65)cc4)c(-n4c5ccccc5c5ccccc54)c3)cc2)N=C(c2cccc(-n3c4ccccc4c4ccccc43)c2)N=C(c2ccccc2)C1. The van der Waals surface area contributed by atoms with Crippen molar-refractivity contribution in [2.75, 3.05) is 0 Å². The second-order valence-corrected chi connectivity index (χ2v) is 25.5. The van der Waals surface area contributed by atoms with Crippen LogP contribution in [0.1, 0.15) is 36.5 Å². The molecule has 456 valence electrons. The molecule has 0 radical (unpaired) electrons. The Labute approximate surface area is 561 Å². The summed E-state index contributed by atoms with van der Waals surface area (Å²) in [6, 6.07) is 122. The highest BCUT2D eigenvalue weighted by atomic mass is 15.0. The average Bonchev–Trinajstić information content (AvgIpc) is 1.63. The summed E-state index contributed by atoms with van der Waals surface area (Å²) in [7, 11) is 0. The summed E-state index contributed by atoms with van der Waals surface area (Å²) in [5.41, 5.74) is 27.1. The van der Waals surface area contributed by atoms with Gasteiger partial charge in [-0.25, -0.2) is 9.98 Å². The van der Waals surface area contributed by atoms with Gasteiger partial charge >= 0.3 is 0 Å². The quantitative estimate of drug-likeness (QED) is 0.124. The fourth-order valence-corrected chi connectivity index (χ4v) is 15.5. The van der Waals surface area contributed by atoms with Crippen molar-refractivity contribution in [2.24, 2.45) is 9.98 Å². The van der Waals surface area contributed by atoms with Gasteiger partial charge in [-0.1, -0.05) is 237 Å². The van der Waals surface area contributed by atoms with Crippen LogP contribution in [0.3, 0.4) is 0 Å². The molecule has 0 saturated carbocycles. The van der Waals surface area contributed by atoms with Crippen LogP contribution in [-0.2, 0) is 0 Å². The molecule has 0 aliphatic carbocycles. The fraction of sp³-hybridized carbons (Fsp3) is 0.0330. The molecule has 6 heteroatoms. The second kappa shape index (κ2) is 22.8. The number of fused-ring (bicyclic) bond motifs is 12. The van der Waals surface area contributed by atoms with Gasteiger partial charge in [-0.3, -0.25) is 0 Å². The standard InChI is InChI=1S/C91H62N6/c1-2-59-57-80(62-22-5-3-6-23-62)92-91(67-24-21-27-70(54-67)96-81-34-15-9-28-72(81)73-29-10-16-35-82(73)96)93-90(59)63-42-40-60(41-43-63)66-46-51-71(89(58-66)97-85-38-19-11-30-74(85)75-31-12-20-39-86(75)97)61-44-49-69(50-45-61)95-84-37-18-14-33-77(84)79-56-65(48-53-88(79)95)64-47-52-87-78(55-64)76-32-13-17-36-83(76)94(87)68-25-7-4-8-26-68/h3-56,58H,2,57H2,1H3. The predicted octanol–water partition coefficient (Wildman–Crippen LogP) is 23.5. The predicted molar refractivity (Wildman–Crippen MR) is 408 cm³/mol. The first-order valence-corrected chi connectivity index (χ1v) is 33.6. The normalized spacial score (nSPS) is 12.9. The molecule has 97 heavy (non-hydrogen) atoms. The summed E-state index contributed by atoms with van der Waals surface area (Å²) in [4.78, 5) is 11.1. The van der Waals surface area contributed by atoms with Crippen molar-refractivity contribution in [3.63, 3.8) is 0 Å². The molecule has 5 heterocycles. The summed E-state index contributed by atoms with van der Waals surface area (Å²) in [5, 5.41) is 9.84. The van der Waals surface area contributed by atoms with Crippen LogP contribution in [0.25, 0.3) is 149 Å². The largest absolute Gasteiger partial charge is 0.309 e. The van der Waals surface area contributed by atoms with E-state index in [4.69, 9.17) is 9.98 Å². The first kappa shape index (κ1) is 55.9. The lowest BCUT2D eigenvalue weighted by Gasteiger charge is -2.17. The molecule has 4 aromatic heterocycles. The van der Waals surface area contributed by atoms with E-state index in [1.807, 2.05) is 0 Å². The van der Waals surface area contributed by atoms with Crippen molar-refractivity contribution < 1.29 is 0 Å². The minimum Gasteiger partial charge on any atom is -0.309 e. The third kappa shape index (κ3) is 9.24. The van der Waals surface area contributed by atoms with Gasteiger partial charge in [0.05, 0.1) is 61.2 Å². The lowest BCUT2D eigenvalue weighted by Crippen LogP contribution is -2.06. The van der Waals surface area contributed by atoms with Crippen molar-refractivity contribution in [1.82, 2.24) is 18.3 Å². The van der Waals surface area contributed by atoms with E-state index in [2.05, 4.69) is 359 Å². The third-order valence-corrected chi connectivity index (χ3v) is 20.1. The highest BCUT2D eigenvalue weighted by Gasteiger charge is 2.23. The number of amidine groups is 1. The second-order valence-electron chi connectivity index (χ2n) is 25.5. The number of aromatic nitrogens is 4. The number of para-hydroxylation sites is 7. The molecule has 6 nitrogen and oxygen atoms in total.